The van der Waals surface area contributed by atoms with E-state index in [1.807, 2.05) is 30.3 Å². The zero-order valence-corrected chi connectivity index (χ0v) is 18.8. The van der Waals surface area contributed by atoms with Gasteiger partial charge in [-0.15, -0.1) is 0 Å². The van der Waals surface area contributed by atoms with Gasteiger partial charge in [-0.3, -0.25) is 4.90 Å². The summed E-state index contributed by atoms with van der Waals surface area (Å²) in [6.07, 6.45) is 1.10. The quantitative estimate of drug-likeness (QED) is 0.440. The first kappa shape index (κ1) is 23.4. The van der Waals surface area contributed by atoms with Gasteiger partial charge in [-0.25, -0.2) is 4.39 Å². The van der Waals surface area contributed by atoms with Crippen molar-refractivity contribution in [3.8, 4) is 0 Å². The van der Waals surface area contributed by atoms with Crippen molar-refractivity contribution in [2.45, 2.75) is 31.8 Å². The van der Waals surface area contributed by atoms with E-state index >= 15 is 0 Å². The van der Waals surface area contributed by atoms with Gasteiger partial charge in [0.2, 0.25) is 0 Å². The largest absolute Gasteiger partial charge is 0.467 e. The maximum atomic E-state index is 14.1. The Kier molecular flexibility index (Phi) is 8.12. The van der Waals surface area contributed by atoms with Crippen LogP contribution in [0.2, 0.25) is 5.02 Å². The zero-order chi connectivity index (χ0) is 23.0. The molecule has 4 rings (SSSR count). The highest BCUT2D eigenvalue weighted by Gasteiger charge is 2.27. The fourth-order valence-electron chi connectivity index (χ4n) is 3.81. The van der Waals surface area contributed by atoms with Crippen LogP contribution in [0.25, 0.3) is 0 Å². The molecule has 6 nitrogen and oxygen atoms in total. The third-order valence-electron chi connectivity index (χ3n) is 5.28. The van der Waals surface area contributed by atoms with Crippen LogP contribution in [0, 0.1) is 5.82 Å². The Balaban J connectivity index is 1.36. The van der Waals surface area contributed by atoms with Crippen molar-refractivity contribution in [2.24, 2.45) is 5.16 Å². The molecule has 33 heavy (non-hydrogen) atoms. The lowest BCUT2D eigenvalue weighted by Crippen LogP contribution is -2.39. The molecular weight excluding hydrogens is 447 g/mol. The first-order chi connectivity index (χ1) is 16.1. The number of halogens is 2. The first-order valence-corrected chi connectivity index (χ1v) is 11.2. The van der Waals surface area contributed by atoms with Gasteiger partial charge in [-0.1, -0.05) is 47.1 Å². The molecule has 8 heteroatoms. The lowest BCUT2D eigenvalue weighted by molar-refractivity contribution is -0.00955. The average molecular weight is 473 g/mol. The van der Waals surface area contributed by atoms with Gasteiger partial charge in [0.25, 0.3) is 0 Å². The summed E-state index contributed by atoms with van der Waals surface area (Å²) in [6, 6.07) is 17.7. The minimum Gasteiger partial charge on any atom is -0.467 e. The van der Waals surface area contributed by atoms with Crippen molar-refractivity contribution in [3.05, 3.63) is 94.7 Å². The Morgan fingerprint density at radius 3 is 2.85 bits per heavy atom. The molecule has 2 atom stereocenters. The number of aliphatic hydroxyl groups is 1. The fourth-order valence-corrected chi connectivity index (χ4v) is 4.02. The molecule has 0 bridgehead atoms. The summed E-state index contributed by atoms with van der Waals surface area (Å²) in [5.74, 6) is 0.385. The second kappa shape index (κ2) is 11.4. The van der Waals surface area contributed by atoms with E-state index in [0.29, 0.717) is 54.7 Å². The molecule has 2 aromatic carbocycles. The molecule has 0 spiro atoms. The van der Waals surface area contributed by atoms with Gasteiger partial charge in [-0.05, 0) is 35.9 Å². The minimum atomic E-state index is -0.715. The summed E-state index contributed by atoms with van der Waals surface area (Å²) in [5.41, 5.74) is 2.05. The monoisotopic (exact) mass is 472 g/mol. The Bertz CT molecular complexity index is 1060. The molecule has 0 aliphatic carbocycles. The molecule has 2 heterocycles. The summed E-state index contributed by atoms with van der Waals surface area (Å²) >= 11 is 6.15. The number of benzene rings is 2. The van der Waals surface area contributed by atoms with E-state index in [4.69, 9.17) is 25.6 Å². The van der Waals surface area contributed by atoms with E-state index in [9.17, 15) is 9.50 Å². The van der Waals surface area contributed by atoms with Gasteiger partial charge >= 0.3 is 0 Å². The van der Waals surface area contributed by atoms with Crippen molar-refractivity contribution in [1.29, 1.82) is 0 Å². The van der Waals surface area contributed by atoms with Crippen LogP contribution in [-0.4, -0.2) is 47.6 Å². The highest BCUT2D eigenvalue weighted by molar-refractivity contribution is 6.30. The van der Waals surface area contributed by atoms with E-state index < -0.39 is 6.10 Å². The Labute approximate surface area is 197 Å². The standard InChI is InChI=1S/C25H26ClFN2O4/c26-19-6-3-5-18(11-19)13-29(14-20(30)16-31-17-21-7-4-10-32-21)15-22-12-25(28-33-22)23-8-1-2-9-24(23)27/h1-11,20,22,30H,12-17H2/t20-,22+/m1/s1. The second-order valence-electron chi connectivity index (χ2n) is 8.02. The maximum Gasteiger partial charge on any atom is 0.145 e. The summed E-state index contributed by atoms with van der Waals surface area (Å²) in [5, 5.41) is 15.3. The molecule has 0 unspecified atom stereocenters. The van der Waals surface area contributed by atoms with Crippen molar-refractivity contribution < 1.29 is 23.5 Å². The second-order valence-corrected chi connectivity index (χ2v) is 8.46. The molecule has 3 aromatic rings. The van der Waals surface area contributed by atoms with Gasteiger partial charge in [-0.2, -0.15) is 0 Å². The van der Waals surface area contributed by atoms with E-state index in [-0.39, 0.29) is 18.5 Å². The lowest BCUT2D eigenvalue weighted by atomic mass is 10.0. The topological polar surface area (TPSA) is 67.4 Å². The predicted octanol–water partition coefficient (Wildman–Crippen LogP) is 4.65. The lowest BCUT2D eigenvalue weighted by Gasteiger charge is -2.27. The van der Waals surface area contributed by atoms with E-state index in [1.165, 1.54) is 6.07 Å². The number of ether oxygens (including phenoxy) is 1. The molecule has 1 aliphatic heterocycles. The molecule has 174 valence electrons. The van der Waals surface area contributed by atoms with Gasteiger partial charge in [0.15, 0.2) is 0 Å². The molecule has 1 aliphatic rings. The van der Waals surface area contributed by atoms with Crippen LogP contribution in [0.5, 0.6) is 0 Å². The highest BCUT2D eigenvalue weighted by Crippen LogP contribution is 2.21. The Morgan fingerprint density at radius 1 is 1.18 bits per heavy atom. The van der Waals surface area contributed by atoms with Crippen LogP contribution in [0.3, 0.4) is 0 Å². The number of oxime groups is 1. The van der Waals surface area contributed by atoms with E-state index in [2.05, 4.69) is 10.1 Å². The zero-order valence-electron chi connectivity index (χ0n) is 18.1. The van der Waals surface area contributed by atoms with Gasteiger partial charge < -0.3 is 19.1 Å². The number of furan rings is 1. The Hall–Kier alpha value is -2.71. The van der Waals surface area contributed by atoms with Crippen LogP contribution in [0.15, 0.2) is 76.5 Å². The number of hydrogen-bond donors (Lipinski definition) is 1. The van der Waals surface area contributed by atoms with E-state index in [1.54, 1.807) is 30.5 Å². The van der Waals surface area contributed by atoms with Gasteiger partial charge in [0, 0.05) is 36.6 Å². The van der Waals surface area contributed by atoms with Crippen molar-refractivity contribution >= 4 is 17.3 Å². The normalized spacial score (nSPS) is 16.6. The Morgan fingerprint density at radius 2 is 2.06 bits per heavy atom. The number of hydrogen-bond acceptors (Lipinski definition) is 6. The molecular formula is C25H26ClFN2O4. The van der Waals surface area contributed by atoms with Crippen molar-refractivity contribution in [3.63, 3.8) is 0 Å². The van der Waals surface area contributed by atoms with E-state index in [0.717, 1.165) is 5.56 Å². The summed E-state index contributed by atoms with van der Waals surface area (Å²) < 4.78 is 25.0. The molecule has 1 aromatic heterocycles. The molecule has 0 fully saturated rings. The fraction of sp³-hybridized carbons (Fsp3) is 0.320. The summed E-state index contributed by atoms with van der Waals surface area (Å²) in [7, 11) is 0. The smallest absolute Gasteiger partial charge is 0.145 e. The first-order valence-electron chi connectivity index (χ1n) is 10.8. The number of rotatable bonds is 11. The minimum absolute atomic E-state index is 0.162. The SMILES string of the molecule is O[C@@H](COCc1ccco1)CN(Cc1cccc(Cl)c1)C[C@@H]1CC(c2ccccc2F)=NO1. The molecule has 0 amide bonds. The maximum absolute atomic E-state index is 14.1. The van der Waals surface area contributed by atoms with Crippen LogP contribution < -0.4 is 0 Å². The third-order valence-corrected chi connectivity index (χ3v) is 5.51. The third kappa shape index (κ3) is 6.88. The number of aliphatic hydroxyl groups excluding tert-OH is 1. The van der Waals surface area contributed by atoms with Crippen molar-refractivity contribution in [2.75, 3.05) is 19.7 Å². The van der Waals surface area contributed by atoms with Gasteiger partial charge in [0.1, 0.15) is 24.3 Å². The van der Waals surface area contributed by atoms with Crippen molar-refractivity contribution in [1.82, 2.24) is 4.90 Å². The molecule has 0 saturated carbocycles. The molecule has 0 radical (unpaired) electrons. The summed E-state index contributed by atoms with van der Waals surface area (Å²) in [6.45, 7) is 1.88. The molecule has 0 saturated heterocycles. The average Bonchev–Trinajstić information content (AvgIpc) is 3.46. The highest BCUT2D eigenvalue weighted by atomic mass is 35.5. The van der Waals surface area contributed by atoms with Crippen LogP contribution in [0.4, 0.5) is 4.39 Å². The molecule has 1 N–H and O–H groups in total. The van der Waals surface area contributed by atoms with Crippen LogP contribution in [-0.2, 0) is 22.7 Å². The summed E-state index contributed by atoms with van der Waals surface area (Å²) in [4.78, 5) is 7.67. The van der Waals surface area contributed by atoms with Crippen LogP contribution >= 0.6 is 11.6 Å². The predicted molar refractivity (Wildman–Crippen MR) is 124 cm³/mol. The number of nitrogens with zero attached hydrogens (tertiary/aromatic N) is 2. The van der Waals surface area contributed by atoms with Crippen LogP contribution in [0.1, 0.15) is 23.3 Å². The van der Waals surface area contributed by atoms with Gasteiger partial charge in [0.05, 0.1) is 24.7 Å².